The molecule has 0 radical (unpaired) electrons. The predicted molar refractivity (Wildman–Crippen MR) is 92.8 cm³/mol. The Bertz CT molecular complexity index is 763. The highest BCUT2D eigenvalue weighted by Gasteiger charge is 2.13. The summed E-state index contributed by atoms with van der Waals surface area (Å²) in [6, 6.07) is 10.1. The number of hydrogen-bond acceptors (Lipinski definition) is 3. The van der Waals surface area contributed by atoms with Gasteiger partial charge in [0.15, 0.2) is 0 Å². The first-order chi connectivity index (χ1) is 10.8. The summed E-state index contributed by atoms with van der Waals surface area (Å²) < 4.78 is 32.5. The maximum atomic E-state index is 12.1. The van der Waals surface area contributed by atoms with E-state index in [1.165, 1.54) is 17.7 Å². The molecule has 0 aliphatic carbocycles. The molecule has 23 heavy (non-hydrogen) atoms. The lowest BCUT2D eigenvalue weighted by molar-refractivity contribution is 0.318. The van der Waals surface area contributed by atoms with Crippen molar-refractivity contribution >= 4 is 21.6 Å². The van der Waals surface area contributed by atoms with Gasteiger partial charge in [0.05, 0.1) is 4.90 Å². The molecule has 0 aliphatic heterocycles. The van der Waals surface area contributed by atoms with Gasteiger partial charge in [-0.2, -0.15) is 0 Å². The van der Waals surface area contributed by atoms with Gasteiger partial charge in [-0.15, -0.1) is 0 Å². The third-order valence-electron chi connectivity index (χ3n) is 3.37. The molecule has 2 rings (SSSR count). The smallest absolute Gasteiger partial charge is 0.240 e. The SMILES string of the molecule is Cc1cc(C)c(OCCNS(=O)(=O)c2ccc(Cl)cc2)c(C)c1. The summed E-state index contributed by atoms with van der Waals surface area (Å²) in [7, 11) is -3.55. The minimum Gasteiger partial charge on any atom is -0.492 e. The van der Waals surface area contributed by atoms with E-state index in [9.17, 15) is 8.42 Å². The van der Waals surface area contributed by atoms with Gasteiger partial charge < -0.3 is 4.74 Å². The monoisotopic (exact) mass is 353 g/mol. The summed E-state index contributed by atoms with van der Waals surface area (Å²) in [5.74, 6) is 0.807. The summed E-state index contributed by atoms with van der Waals surface area (Å²) >= 11 is 5.76. The molecule has 6 heteroatoms. The molecule has 0 unspecified atom stereocenters. The van der Waals surface area contributed by atoms with Crippen LogP contribution in [0.4, 0.5) is 0 Å². The highest BCUT2D eigenvalue weighted by Crippen LogP contribution is 2.24. The lowest BCUT2D eigenvalue weighted by Gasteiger charge is -2.13. The van der Waals surface area contributed by atoms with Crippen molar-refractivity contribution in [1.82, 2.24) is 4.72 Å². The first kappa shape index (κ1) is 17.8. The second-order valence-corrected chi connectivity index (χ2v) is 7.63. The Morgan fingerprint density at radius 2 is 1.61 bits per heavy atom. The molecule has 1 N–H and O–H groups in total. The van der Waals surface area contributed by atoms with Crippen LogP contribution < -0.4 is 9.46 Å². The van der Waals surface area contributed by atoms with E-state index in [0.29, 0.717) is 5.02 Å². The Morgan fingerprint density at radius 1 is 1.04 bits per heavy atom. The summed E-state index contributed by atoms with van der Waals surface area (Å²) in [6.07, 6.45) is 0. The van der Waals surface area contributed by atoms with Crippen LogP contribution in [-0.4, -0.2) is 21.6 Å². The van der Waals surface area contributed by atoms with E-state index in [-0.39, 0.29) is 18.0 Å². The Labute approximate surface area is 142 Å². The molecule has 0 bridgehead atoms. The van der Waals surface area contributed by atoms with Crippen LogP contribution in [0.5, 0.6) is 5.75 Å². The molecule has 0 heterocycles. The number of hydrogen-bond donors (Lipinski definition) is 1. The fourth-order valence-electron chi connectivity index (χ4n) is 2.42. The van der Waals surface area contributed by atoms with Crippen molar-refractivity contribution in [3.8, 4) is 5.75 Å². The van der Waals surface area contributed by atoms with Gasteiger partial charge in [0.2, 0.25) is 10.0 Å². The maximum Gasteiger partial charge on any atom is 0.240 e. The molecule has 2 aromatic carbocycles. The molecule has 0 saturated heterocycles. The molecular weight excluding hydrogens is 334 g/mol. The lowest BCUT2D eigenvalue weighted by Crippen LogP contribution is -2.28. The van der Waals surface area contributed by atoms with Crippen molar-refractivity contribution in [3.05, 3.63) is 58.1 Å². The number of ether oxygens (including phenoxy) is 1. The van der Waals surface area contributed by atoms with E-state index in [0.717, 1.165) is 16.9 Å². The van der Waals surface area contributed by atoms with Crippen molar-refractivity contribution < 1.29 is 13.2 Å². The topological polar surface area (TPSA) is 55.4 Å². The standard InChI is InChI=1S/C17H20ClNO3S/c1-12-10-13(2)17(14(3)11-12)22-9-8-19-23(20,21)16-6-4-15(18)5-7-16/h4-7,10-11,19H,8-9H2,1-3H3. The Kier molecular flexibility index (Phi) is 5.68. The van der Waals surface area contributed by atoms with Crippen LogP contribution in [0.1, 0.15) is 16.7 Å². The van der Waals surface area contributed by atoms with Crippen molar-refractivity contribution in [2.45, 2.75) is 25.7 Å². The first-order valence-electron chi connectivity index (χ1n) is 7.25. The molecule has 0 fully saturated rings. The summed E-state index contributed by atoms with van der Waals surface area (Å²) in [6.45, 7) is 6.44. The van der Waals surface area contributed by atoms with E-state index in [4.69, 9.17) is 16.3 Å². The molecule has 0 atom stereocenters. The number of nitrogens with one attached hydrogen (secondary N) is 1. The minimum absolute atomic E-state index is 0.185. The second-order valence-electron chi connectivity index (χ2n) is 5.43. The highest BCUT2D eigenvalue weighted by atomic mass is 35.5. The minimum atomic E-state index is -3.55. The average Bonchev–Trinajstić information content (AvgIpc) is 2.45. The first-order valence-corrected chi connectivity index (χ1v) is 9.11. The fourth-order valence-corrected chi connectivity index (χ4v) is 3.56. The van der Waals surface area contributed by atoms with Gasteiger partial charge in [0.1, 0.15) is 12.4 Å². The number of halogens is 1. The quantitative estimate of drug-likeness (QED) is 0.807. The third-order valence-corrected chi connectivity index (χ3v) is 5.10. The van der Waals surface area contributed by atoms with Gasteiger partial charge in [-0.3, -0.25) is 0 Å². The molecule has 4 nitrogen and oxygen atoms in total. The maximum absolute atomic E-state index is 12.1. The van der Waals surface area contributed by atoms with E-state index in [2.05, 4.69) is 4.72 Å². The van der Waals surface area contributed by atoms with Crippen LogP contribution in [0.25, 0.3) is 0 Å². The Morgan fingerprint density at radius 3 is 2.17 bits per heavy atom. The van der Waals surface area contributed by atoms with Gasteiger partial charge >= 0.3 is 0 Å². The lowest BCUT2D eigenvalue weighted by atomic mass is 10.1. The zero-order valence-corrected chi connectivity index (χ0v) is 15.0. The summed E-state index contributed by atoms with van der Waals surface area (Å²) in [4.78, 5) is 0.185. The van der Waals surface area contributed by atoms with Crippen LogP contribution in [0.3, 0.4) is 0 Å². The molecule has 2 aromatic rings. The molecule has 0 saturated carbocycles. The zero-order valence-electron chi connectivity index (χ0n) is 13.4. The predicted octanol–water partition coefficient (Wildman–Crippen LogP) is 3.62. The van der Waals surface area contributed by atoms with E-state index >= 15 is 0 Å². The van der Waals surface area contributed by atoms with Gasteiger partial charge in [-0.1, -0.05) is 29.3 Å². The fraction of sp³-hybridized carbons (Fsp3) is 0.294. The molecule has 124 valence electrons. The van der Waals surface area contributed by atoms with Crippen molar-refractivity contribution in [3.63, 3.8) is 0 Å². The van der Waals surface area contributed by atoms with E-state index in [1.807, 2.05) is 32.9 Å². The van der Waals surface area contributed by atoms with Crippen molar-refractivity contribution in [2.24, 2.45) is 0 Å². The Balaban J connectivity index is 1.94. The van der Waals surface area contributed by atoms with Crippen LogP contribution in [0, 0.1) is 20.8 Å². The van der Waals surface area contributed by atoms with Gasteiger partial charge in [0, 0.05) is 11.6 Å². The van der Waals surface area contributed by atoms with Gasteiger partial charge in [0.25, 0.3) is 0 Å². The van der Waals surface area contributed by atoms with Crippen LogP contribution in [-0.2, 0) is 10.0 Å². The summed E-state index contributed by atoms with van der Waals surface area (Å²) in [5, 5.41) is 0.498. The molecule has 0 spiro atoms. The summed E-state index contributed by atoms with van der Waals surface area (Å²) in [5.41, 5.74) is 3.27. The number of benzene rings is 2. The second kappa shape index (κ2) is 7.34. The van der Waals surface area contributed by atoms with Gasteiger partial charge in [-0.05, 0) is 56.2 Å². The average molecular weight is 354 g/mol. The molecule has 0 aromatic heterocycles. The van der Waals surface area contributed by atoms with E-state index in [1.54, 1.807) is 12.1 Å². The highest BCUT2D eigenvalue weighted by molar-refractivity contribution is 7.89. The van der Waals surface area contributed by atoms with Crippen LogP contribution in [0.2, 0.25) is 5.02 Å². The largest absolute Gasteiger partial charge is 0.492 e. The number of sulfonamides is 1. The Hall–Kier alpha value is -1.56. The molecule has 0 amide bonds. The number of rotatable bonds is 6. The molecular formula is C17H20ClNO3S. The van der Waals surface area contributed by atoms with Crippen LogP contribution >= 0.6 is 11.6 Å². The van der Waals surface area contributed by atoms with Crippen LogP contribution in [0.15, 0.2) is 41.3 Å². The third kappa shape index (κ3) is 4.70. The van der Waals surface area contributed by atoms with E-state index < -0.39 is 10.0 Å². The molecule has 0 aliphatic rings. The van der Waals surface area contributed by atoms with Crippen molar-refractivity contribution in [2.75, 3.05) is 13.2 Å². The zero-order chi connectivity index (χ0) is 17.0. The number of aryl methyl sites for hydroxylation is 3. The normalized spacial score (nSPS) is 11.5. The van der Waals surface area contributed by atoms with Crippen molar-refractivity contribution in [1.29, 1.82) is 0 Å². The van der Waals surface area contributed by atoms with Gasteiger partial charge in [-0.25, -0.2) is 13.1 Å².